The van der Waals surface area contributed by atoms with Crippen LogP contribution in [0.2, 0.25) is 0 Å². The maximum absolute atomic E-state index is 14.7. The van der Waals surface area contributed by atoms with Crippen molar-refractivity contribution in [3.63, 3.8) is 0 Å². The second kappa shape index (κ2) is 13.2. The van der Waals surface area contributed by atoms with E-state index in [2.05, 4.69) is 25.5 Å². The van der Waals surface area contributed by atoms with Crippen molar-refractivity contribution < 1.29 is 32.4 Å². The predicted octanol–water partition coefficient (Wildman–Crippen LogP) is 5.11. The van der Waals surface area contributed by atoms with E-state index in [0.29, 0.717) is 17.2 Å². The SMILES string of the molecule is CCOC1CCC(n2cc(NC(=O)c3csc(-c4cnn(OP(=O)(O)CC)c4)n3)c(-c3nc(F)ccc3F)n2)CC1.N. The summed E-state index contributed by atoms with van der Waals surface area (Å²) in [6.45, 7) is 4.11. The Morgan fingerprint density at radius 3 is 2.64 bits per heavy atom. The smallest absolute Gasteiger partial charge is 0.379 e. The van der Waals surface area contributed by atoms with Gasteiger partial charge >= 0.3 is 7.60 Å². The van der Waals surface area contributed by atoms with E-state index < -0.39 is 25.3 Å². The summed E-state index contributed by atoms with van der Waals surface area (Å²) >= 11 is 1.15. The zero-order chi connectivity index (χ0) is 29.1. The minimum absolute atomic E-state index is 0. The third-order valence-electron chi connectivity index (χ3n) is 6.59. The first-order chi connectivity index (χ1) is 19.7. The number of anilines is 1. The van der Waals surface area contributed by atoms with E-state index in [1.807, 2.05) is 6.92 Å². The van der Waals surface area contributed by atoms with Gasteiger partial charge in [0, 0.05) is 18.2 Å². The topological polar surface area (TPSA) is 181 Å². The van der Waals surface area contributed by atoms with Gasteiger partial charge < -0.3 is 25.7 Å². The summed E-state index contributed by atoms with van der Waals surface area (Å²) in [5, 5.41) is 13.1. The molecule has 0 aromatic carbocycles. The van der Waals surface area contributed by atoms with Gasteiger partial charge in [0.15, 0.2) is 5.82 Å². The molecule has 226 valence electrons. The molecule has 1 unspecified atom stereocenters. The van der Waals surface area contributed by atoms with Crippen LogP contribution in [0.4, 0.5) is 14.5 Å². The summed E-state index contributed by atoms with van der Waals surface area (Å²) in [4.78, 5) is 31.8. The van der Waals surface area contributed by atoms with E-state index in [4.69, 9.17) is 9.36 Å². The number of halogens is 2. The second-order valence-corrected chi connectivity index (χ2v) is 12.3. The quantitative estimate of drug-likeness (QED) is 0.158. The highest BCUT2D eigenvalue weighted by atomic mass is 32.1. The molecule has 1 fully saturated rings. The van der Waals surface area contributed by atoms with E-state index >= 15 is 0 Å². The lowest BCUT2D eigenvalue weighted by molar-refractivity contribution is 0.0260. The molecular formula is C25H31F2N8O5PS. The van der Waals surface area contributed by atoms with Gasteiger partial charge in [0.25, 0.3) is 5.91 Å². The molecule has 4 heterocycles. The number of nitrogens with one attached hydrogen (secondary N) is 1. The molecule has 1 aliphatic rings. The summed E-state index contributed by atoms with van der Waals surface area (Å²) in [6, 6.07) is 1.86. The maximum Gasteiger partial charge on any atom is 0.397 e. The molecule has 0 aliphatic heterocycles. The number of rotatable bonds is 10. The Kier molecular flexibility index (Phi) is 9.84. The molecule has 5 N–H and O–H groups in total. The van der Waals surface area contributed by atoms with Gasteiger partial charge in [-0.25, -0.2) is 18.9 Å². The zero-order valence-corrected chi connectivity index (χ0v) is 24.7. The highest BCUT2D eigenvalue weighted by Gasteiger charge is 2.27. The molecule has 17 heteroatoms. The Hall–Kier alpha value is -3.56. The number of thiazole rings is 1. The van der Waals surface area contributed by atoms with E-state index in [-0.39, 0.29) is 47.2 Å². The maximum atomic E-state index is 14.7. The van der Waals surface area contributed by atoms with Crippen LogP contribution in [0.15, 0.2) is 36.1 Å². The van der Waals surface area contributed by atoms with Crippen LogP contribution < -0.4 is 16.1 Å². The first-order valence-corrected chi connectivity index (χ1v) is 15.7. The van der Waals surface area contributed by atoms with Crippen molar-refractivity contribution in [1.29, 1.82) is 0 Å². The summed E-state index contributed by atoms with van der Waals surface area (Å²) < 4.78 is 52.9. The molecule has 4 aromatic heterocycles. The number of amides is 1. The van der Waals surface area contributed by atoms with Crippen molar-refractivity contribution in [3.05, 3.63) is 53.6 Å². The van der Waals surface area contributed by atoms with E-state index in [9.17, 15) is 23.0 Å². The lowest BCUT2D eigenvalue weighted by atomic mass is 9.93. The van der Waals surface area contributed by atoms with Crippen molar-refractivity contribution in [1.82, 2.24) is 35.8 Å². The van der Waals surface area contributed by atoms with Crippen LogP contribution in [0.1, 0.15) is 56.1 Å². The Morgan fingerprint density at radius 2 is 1.93 bits per heavy atom. The van der Waals surface area contributed by atoms with Crippen molar-refractivity contribution in [2.24, 2.45) is 0 Å². The lowest BCUT2D eigenvalue weighted by Crippen LogP contribution is -2.24. The van der Waals surface area contributed by atoms with Crippen LogP contribution in [-0.2, 0) is 9.30 Å². The number of carbonyl (C=O) groups is 1. The standard InChI is InChI=1S/C25H28F2N7O5PS.H3N/c1-3-38-17-7-5-16(6-8-17)33-13-19(23(32-33)22-18(26)9-10-21(27)31-22)29-24(35)20-14-41-25(30-20)15-11-28-34(12-15)39-40(36,37)4-2;/h9-14,16-17H,3-8H2,1-2H3,(H,29,35)(H,36,37);1H3. The Bertz CT molecular complexity index is 1590. The minimum atomic E-state index is -3.83. The van der Waals surface area contributed by atoms with E-state index in [1.165, 1.54) is 24.7 Å². The third-order valence-corrected chi connectivity index (χ3v) is 8.70. The molecule has 0 saturated heterocycles. The van der Waals surface area contributed by atoms with Gasteiger partial charge in [-0.2, -0.15) is 9.49 Å². The average Bonchev–Trinajstić information content (AvgIpc) is 3.71. The monoisotopic (exact) mass is 624 g/mol. The largest absolute Gasteiger partial charge is 0.397 e. The predicted molar refractivity (Wildman–Crippen MR) is 152 cm³/mol. The number of hydrogen-bond acceptors (Lipinski definition) is 10. The fourth-order valence-electron chi connectivity index (χ4n) is 4.49. The summed E-state index contributed by atoms with van der Waals surface area (Å²) in [6.07, 6.45) is 7.65. The zero-order valence-electron chi connectivity index (χ0n) is 22.9. The van der Waals surface area contributed by atoms with Crippen molar-refractivity contribution in [2.45, 2.75) is 51.7 Å². The van der Waals surface area contributed by atoms with Gasteiger partial charge in [-0.1, -0.05) is 11.8 Å². The molecule has 0 bridgehead atoms. The molecule has 4 aromatic rings. The average molecular weight is 625 g/mol. The van der Waals surface area contributed by atoms with Gasteiger partial charge in [0.2, 0.25) is 5.95 Å². The highest BCUT2D eigenvalue weighted by Crippen LogP contribution is 2.37. The van der Waals surface area contributed by atoms with Gasteiger partial charge in [0.1, 0.15) is 22.1 Å². The van der Waals surface area contributed by atoms with Crippen LogP contribution in [-0.4, -0.2) is 59.4 Å². The molecule has 0 radical (unpaired) electrons. The van der Waals surface area contributed by atoms with Gasteiger partial charge in [-0.15, -0.1) is 16.4 Å². The Labute approximate surface area is 244 Å². The fourth-order valence-corrected chi connectivity index (χ4v) is 5.73. The van der Waals surface area contributed by atoms with Crippen LogP contribution >= 0.6 is 18.9 Å². The second-order valence-electron chi connectivity index (χ2n) is 9.38. The van der Waals surface area contributed by atoms with E-state index in [0.717, 1.165) is 54.0 Å². The van der Waals surface area contributed by atoms with Gasteiger partial charge in [-0.3, -0.25) is 9.48 Å². The van der Waals surface area contributed by atoms with Gasteiger partial charge in [-0.05, 0) is 44.7 Å². The number of pyridine rings is 1. The van der Waals surface area contributed by atoms with E-state index in [1.54, 1.807) is 10.9 Å². The van der Waals surface area contributed by atoms with Crippen LogP contribution in [0.25, 0.3) is 22.0 Å². The number of ether oxygens (including phenoxy) is 1. The van der Waals surface area contributed by atoms with Crippen LogP contribution in [0, 0.1) is 11.8 Å². The molecular weight excluding hydrogens is 593 g/mol. The Morgan fingerprint density at radius 1 is 1.17 bits per heavy atom. The summed E-state index contributed by atoms with van der Waals surface area (Å²) in [5.41, 5.74) is 0.367. The lowest BCUT2D eigenvalue weighted by Gasteiger charge is -2.28. The molecule has 5 rings (SSSR count). The summed E-state index contributed by atoms with van der Waals surface area (Å²) in [5.74, 6) is -2.26. The fraction of sp³-hybridized carbons (Fsp3) is 0.400. The number of hydrogen-bond donors (Lipinski definition) is 3. The molecule has 1 amide bonds. The molecule has 1 atom stereocenters. The highest BCUT2D eigenvalue weighted by molar-refractivity contribution is 7.52. The molecule has 13 nitrogen and oxygen atoms in total. The van der Waals surface area contributed by atoms with Crippen molar-refractivity contribution in [3.8, 4) is 22.0 Å². The van der Waals surface area contributed by atoms with Crippen LogP contribution in [0.3, 0.4) is 0 Å². The molecule has 1 aliphatic carbocycles. The van der Waals surface area contributed by atoms with Crippen LogP contribution in [0.5, 0.6) is 0 Å². The van der Waals surface area contributed by atoms with Crippen molar-refractivity contribution >= 4 is 30.5 Å². The van der Waals surface area contributed by atoms with Crippen molar-refractivity contribution in [2.75, 3.05) is 18.1 Å². The number of aromatic nitrogens is 6. The van der Waals surface area contributed by atoms with Gasteiger partial charge in [0.05, 0.1) is 42.0 Å². The number of carbonyl (C=O) groups excluding carboxylic acids is 1. The third kappa shape index (κ3) is 7.07. The molecule has 42 heavy (non-hydrogen) atoms. The minimum Gasteiger partial charge on any atom is -0.379 e. The first kappa shape index (κ1) is 31.4. The number of nitrogens with zero attached hydrogens (tertiary/aromatic N) is 6. The molecule has 1 saturated carbocycles. The molecule has 0 spiro atoms. The first-order valence-electron chi connectivity index (χ1n) is 13.0. The Balaban J connectivity index is 0.00000405. The summed E-state index contributed by atoms with van der Waals surface area (Å²) in [7, 11) is -3.83. The normalized spacial score (nSPS) is 18.2.